The summed E-state index contributed by atoms with van der Waals surface area (Å²) in [5.74, 6) is 1.82. The lowest BCUT2D eigenvalue weighted by Crippen LogP contribution is -2.01. The smallest absolute Gasteiger partial charge is 0.163 e. The van der Waals surface area contributed by atoms with E-state index in [2.05, 4.69) is 24.5 Å². The Morgan fingerprint density at radius 1 is 0.935 bits per heavy atom. The molecule has 4 heterocycles. The number of hydrogen-bond acceptors (Lipinski definition) is 6. The molecule has 0 spiro atoms. The maximum absolute atomic E-state index is 6.29. The zero-order valence-electron chi connectivity index (χ0n) is 16.9. The summed E-state index contributed by atoms with van der Waals surface area (Å²) in [4.78, 5) is 17.9. The molecule has 152 valence electrons. The van der Waals surface area contributed by atoms with Crippen LogP contribution in [-0.2, 0) is 6.54 Å². The van der Waals surface area contributed by atoms with Crippen molar-refractivity contribution in [2.75, 3.05) is 12.8 Å². The third-order valence-corrected chi connectivity index (χ3v) is 5.22. The molecule has 1 aromatic carbocycles. The molecule has 0 bridgehead atoms. The van der Waals surface area contributed by atoms with E-state index in [1.165, 1.54) is 0 Å². The lowest BCUT2D eigenvalue weighted by Gasteiger charge is -2.09. The number of para-hydroxylation sites is 1. The second kappa shape index (κ2) is 7.87. The lowest BCUT2D eigenvalue weighted by atomic mass is 10.1. The number of hydrogen-bond donors (Lipinski definition) is 1. The first-order valence-corrected chi connectivity index (χ1v) is 9.83. The van der Waals surface area contributed by atoms with Crippen LogP contribution in [0.2, 0.25) is 0 Å². The predicted octanol–water partition coefficient (Wildman–Crippen LogP) is 4.19. The molecule has 0 aliphatic rings. The van der Waals surface area contributed by atoms with Gasteiger partial charge in [0.15, 0.2) is 5.82 Å². The number of nitrogens with zero attached hydrogens (tertiary/aromatic N) is 5. The molecule has 7 nitrogen and oxygen atoms in total. The maximum atomic E-state index is 6.29. The molecule has 0 amide bonds. The highest BCUT2D eigenvalue weighted by Gasteiger charge is 2.16. The zero-order valence-corrected chi connectivity index (χ0v) is 16.9. The van der Waals surface area contributed by atoms with Crippen molar-refractivity contribution in [3.63, 3.8) is 0 Å². The molecule has 2 N–H and O–H groups in total. The van der Waals surface area contributed by atoms with Crippen LogP contribution in [-0.4, -0.2) is 31.6 Å². The maximum Gasteiger partial charge on any atom is 0.163 e. The molecule has 4 aromatic heterocycles. The molecule has 0 saturated heterocycles. The van der Waals surface area contributed by atoms with E-state index in [4.69, 9.17) is 10.5 Å². The number of aromatic nitrogens is 5. The zero-order chi connectivity index (χ0) is 21.2. The van der Waals surface area contributed by atoms with Crippen molar-refractivity contribution in [3.8, 4) is 28.3 Å². The second-order valence-electron chi connectivity index (χ2n) is 7.09. The van der Waals surface area contributed by atoms with E-state index < -0.39 is 0 Å². The summed E-state index contributed by atoms with van der Waals surface area (Å²) < 4.78 is 7.59. The molecule has 0 fully saturated rings. The summed E-state index contributed by atoms with van der Waals surface area (Å²) in [6, 6.07) is 15.7. The van der Waals surface area contributed by atoms with Crippen LogP contribution < -0.4 is 10.5 Å². The van der Waals surface area contributed by atoms with Gasteiger partial charge in [-0.1, -0.05) is 18.2 Å². The van der Waals surface area contributed by atoms with Crippen LogP contribution in [0.15, 0.2) is 79.5 Å². The monoisotopic (exact) mass is 408 g/mol. The van der Waals surface area contributed by atoms with Crippen molar-refractivity contribution < 1.29 is 4.74 Å². The van der Waals surface area contributed by atoms with Crippen molar-refractivity contribution in [2.45, 2.75) is 6.54 Å². The fourth-order valence-electron chi connectivity index (χ4n) is 3.72. The second-order valence-corrected chi connectivity index (χ2v) is 7.09. The van der Waals surface area contributed by atoms with E-state index in [1.807, 2.05) is 54.7 Å². The number of nitrogens with two attached hydrogens (primary N) is 1. The molecule has 0 saturated carbocycles. The van der Waals surface area contributed by atoms with Gasteiger partial charge in [-0.15, -0.1) is 0 Å². The van der Waals surface area contributed by atoms with Gasteiger partial charge in [-0.3, -0.25) is 4.98 Å². The topological polar surface area (TPSA) is 91.7 Å². The molecular weight excluding hydrogens is 388 g/mol. The van der Waals surface area contributed by atoms with Gasteiger partial charge < -0.3 is 15.0 Å². The van der Waals surface area contributed by atoms with Crippen molar-refractivity contribution in [3.05, 3.63) is 85.1 Å². The number of benzene rings is 1. The minimum absolute atomic E-state index is 0.422. The van der Waals surface area contributed by atoms with Gasteiger partial charge >= 0.3 is 0 Å². The standard InChI is InChI=1S/C24H20N6O/c1-31-21-7-3-2-5-17(21)14-30-15-20(18-6-4-10-27-24(18)30)23-28-13-19(22(25)29-23)16-8-11-26-12-9-16/h2-13,15H,14H2,1H3,(H2,25,28,29). The first kappa shape index (κ1) is 18.7. The van der Waals surface area contributed by atoms with Gasteiger partial charge in [0, 0.05) is 53.1 Å². The Morgan fingerprint density at radius 2 is 1.77 bits per heavy atom. The van der Waals surface area contributed by atoms with Crippen LogP contribution in [0.3, 0.4) is 0 Å². The third kappa shape index (κ3) is 3.46. The summed E-state index contributed by atoms with van der Waals surface area (Å²) in [6.07, 6.45) is 9.00. The Kier molecular flexibility index (Phi) is 4.76. The van der Waals surface area contributed by atoms with Gasteiger partial charge in [-0.05, 0) is 35.9 Å². The summed E-state index contributed by atoms with van der Waals surface area (Å²) in [5.41, 5.74) is 10.8. The lowest BCUT2D eigenvalue weighted by molar-refractivity contribution is 0.408. The number of methoxy groups -OCH3 is 1. The van der Waals surface area contributed by atoms with Crippen molar-refractivity contribution in [1.29, 1.82) is 0 Å². The average molecular weight is 408 g/mol. The number of ether oxygens (including phenoxy) is 1. The number of anilines is 1. The molecule has 0 unspecified atom stereocenters. The molecule has 31 heavy (non-hydrogen) atoms. The largest absolute Gasteiger partial charge is 0.496 e. The normalized spacial score (nSPS) is 11.0. The Balaban J connectivity index is 1.59. The fourth-order valence-corrected chi connectivity index (χ4v) is 3.72. The summed E-state index contributed by atoms with van der Waals surface area (Å²) in [7, 11) is 1.68. The predicted molar refractivity (Wildman–Crippen MR) is 120 cm³/mol. The minimum Gasteiger partial charge on any atom is -0.496 e. The quantitative estimate of drug-likeness (QED) is 0.469. The van der Waals surface area contributed by atoms with Crippen molar-refractivity contribution >= 4 is 16.9 Å². The van der Waals surface area contributed by atoms with E-state index in [-0.39, 0.29) is 0 Å². The Morgan fingerprint density at radius 3 is 2.58 bits per heavy atom. The highest BCUT2D eigenvalue weighted by molar-refractivity contribution is 5.92. The molecule has 0 radical (unpaired) electrons. The molecule has 5 aromatic rings. The third-order valence-electron chi connectivity index (χ3n) is 5.22. The van der Waals surface area contributed by atoms with E-state index in [1.54, 1.807) is 31.9 Å². The average Bonchev–Trinajstić information content (AvgIpc) is 3.18. The Bertz CT molecular complexity index is 1360. The van der Waals surface area contributed by atoms with Crippen LogP contribution in [0.5, 0.6) is 5.75 Å². The first-order chi connectivity index (χ1) is 15.2. The number of pyridine rings is 2. The van der Waals surface area contributed by atoms with E-state index in [0.717, 1.165) is 39.0 Å². The number of nitrogen functional groups attached to an aromatic ring is 1. The molecule has 5 rings (SSSR count). The molecule has 7 heteroatoms. The minimum atomic E-state index is 0.422. The van der Waals surface area contributed by atoms with E-state index >= 15 is 0 Å². The number of fused-ring (bicyclic) bond motifs is 1. The Hall–Kier alpha value is -4.26. The van der Waals surface area contributed by atoms with Gasteiger partial charge in [0.05, 0.1) is 13.7 Å². The van der Waals surface area contributed by atoms with Crippen LogP contribution >= 0.6 is 0 Å². The summed E-state index contributed by atoms with van der Waals surface area (Å²) in [5, 5.41) is 0.966. The molecule has 0 aliphatic heterocycles. The highest BCUT2D eigenvalue weighted by Crippen LogP contribution is 2.31. The molecule has 0 aliphatic carbocycles. The van der Waals surface area contributed by atoms with Crippen LogP contribution in [0.1, 0.15) is 5.56 Å². The first-order valence-electron chi connectivity index (χ1n) is 9.83. The van der Waals surface area contributed by atoms with E-state index in [0.29, 0.717) is 18.2 Å². The van der Waals surface area contributed by atoms with E-state index in [9.17, 15) is 0 Å². The van der Waals surface area contributed by atoms with Gasteiger partial charge in [-0.2, -0.15) is 0 Å². The van der Waals surface area contributed by atoms with Gasteiger partial charge in [-0.25, -0.2) is 15.0 Å². The SMILES string of the molecule is COc1ccccc1Cn1cc(-c2ncc(-c3ccncc3)c(N)n2)c2cccnc21. The summed E-state index contributed by atoms with van der Waals surface area (Å²) in [6.45, 7) is 0.613. The highest BCUT2D eigenvalue weighted by atomic mass is 16.5. The Labute approximate surface area is 179 Å². The van der Waals surface area contributed by atoms with Crippen molar-refractivity contribution in [2.24, 2.45) is 0 Å². The van der Waals surface area contributed by atoms with Crippen LogP contribution in [0.4, 0.5) is 5.82 Å². The van der Waals surface area contributed by atoms with Crippen LogP contribution in [0.25, 0.3) is 33.5 Å². The van der Waals surface area contributed by atoms with Crippen molar-refractivity contribution in [1.82, 2.24) is 24.5 Å². The van der Waals surface area contributed by atoms with Crippen LogP contribution in [0, 0.1) is 0 Å². The van der Waals surface area contributed by atoms with Gasteiger partial charge in [0.25, 0.3) is 0 Å². The molecule has 0 atom stereocenters. The fraction of sp³-hybridized carbons (Fsp3) is 0.0833. The van der Waals surface area contributed by atoms with Gasteiger partial charge in [0.2, 0.25) is 0 Å². The molecular formula is C24H20N6O. The summed E-state index contributed by atoms with van der Waals surface area (Å²) >= 11 is 0. The number of rotatable bonds is 5. The van der Waals surface area contributed by atoms with Gasteiger partial charge in [0.1, 0.15) is 17.2 Å².